The zero-order chi connectivity index (χ0) is 12.4. The summed E-state index contributed by atoms with van der Waals surface area (Å²) in [6.45, 7) is 0. The molecule has 1 heterocycles. The van der Waals surface area contributed by atoms with Crippen LogP contribution in [0.2, 0.25) is 0 Å². The number of furan rings is 1. The fourth-order valence-electron chi connectivity index (χ4n) is 1.92. The SMILES string of the molecule is Nc1ccc(SCc2ccccc2)c2ccoc12. The standard InChI is InChI=1S/C15H13NOS/c16-13-6-7-14(12-8-9-17-15(12)13)18-10-11-4-2-1-3-5-11/h1-9H,10,16H2. The Morgan fingerprint density at radius 3 is 2.67 bits per heavy atom. The average Bonchev–Trinajstić information content (AvgIpc) is 2.90. The smallest absolute Gasteiger partial charge is 0.157 e. The molecule has 90 valence electrons. The number of hydrogen-bond acceptors (Lipinski definition) is 3. The third kappa shape index (κ3) is 2.09. The van der Waals surface area contributed by atoms with Crippen molar-refractivity contribution in [3.05, 3.63) is 60.4 Å². The molecule has 0 radical (unpaired) electrons. The van der Waals surface area contributed by atoms with Gasteiger partial charge in [-0.15, -0.1) is 11.8 Å². The highest BCUT2D eigenvalue weighted by molar-refractivity contribution is 7.98. The maximum atomic E-state index is 5.87. The van der Waals surface area contributed by atoms with Crippen LogP contribution >= 0.6 is 11.8 Å². The van der Waals surface area contributed by atoms with Crippen LogP contribution < -0.4 is 5.73 Å². The number of anilines is 1. The summed E-state index contributed by atoms with van der Waals surface area (Å²) in [7, 11) is 0. The quantitative estimate of drug-likeness (QED) is 0.560. The highest BCUT2D eigenvalue weighted by atomic mass is 32.2. The lowest BCUT2D eigenvalue weighted by Crippen LogP contribution is -1.86. The van der Waals surface area contributed by atoms with Crippen molar-refractivity contribution in [2.45, 2.75) is 10.6 Å². The molecule has 0 amide bonds. The van der Waals surface area contributed by atoms with Crippen LogP contribution in [0.25, 0.3) is 11.0 Å². The molecule has 2 nitrogen and oxygen atoms in total. The van der Waals surface area contributed by atoms with Gasteiger partial charge in [-0.25, -0.2) is 0 Å². The maximum absolute atomic E-state index is 5.87. The second-order valence-electron chi connectivity index (χ2n) is 4.09. The maximum Gasteiger partial charge on any atom is 0.157 e. The molecule has 0 aliphatic rings. The van der Waals surface area contributed by atoms with Crippen molar-refractivity contribution in [2.75, 3.05) is 5.73 Å². The van der Waals surface area contributed by atoms with Crippen molar-refractivity contribution in [1.29, 1.82) is 0 Å². The fourth-order valence-corrected chi connectivity index (χ4v) is 2.91. The van der Waals surface area contributed by atoms with Gasteiger partial charge in [-0.05, 0) is 23.8 Å². The molecule has 1 aromatic heterocycles. The van der Waals surface area contributed by atoms with Gasteiger partial charge < -0.3 is 10.2 Å². The normalized spacial score (nSPS) is 10.9. The van der Waals surface area contributed by atoms with Crippen LogP contribution in [-0.4, -0.2) is 0 Å². The molecule has 3 rings (SSSR count). The summed E-state index contributed by atoms with van der Waals surface area (Å²) >= 11 is 1.80. The lowest BCUT2D eigenvalue weighted by Gasteiger charge is -2.04. The van der Waals surface area contributed by atoms with Crippen LogP contribution in [-0.2, 0) is 5.75 Å². The Kier molecular flexibility index (Phi) is 2.99. The third-order valence-electron chi connectivity index (χ3n) is 2.84. The van der Waals surface area contributed by atoms with Crippen LogP contribution in [0.3, 0.4) is 0 Å². The Morgan fingerprint density at radius 1 is 1.00 bits per heavy atom. The van der Waals surface area contributed by atoms with Crippen molar-refractivity contribution in [3.8, 4) is 0 Å². The largest absolute Gasteiger partial charge is 0.462 e. The molecule has 2 aromatic carbocycles. The number of benzene rings is 2. The van der Waals surface area contributed by atoms with Gasteiger partial charge in [-0.2, -0.15) is 0 Å². The first-order valence-corrected chi connectivity index (χ1v) is 6.75. The second kappa shape index (κ2) is 4.78. The molecule has 2 N–H and O–H groups in total. The van der Waals surface area contributed by atoms with Crippen molar-refractivity contribution in [3.63, 3.8) is 0 Å². The lowest BCUT2D eigenvalue weighted by molar-refractivity contribution is 0.617. The lowest BCUT2D eigenvalue weighted by atomic mass is 10.2. The van der Waals surface area contributed by atoms with Gasteiger partial charge in [0.1, 0.15) is 0 Å². The van der Waals surface area contributed by atoms with Crippen LogP contribution in [0, 0.1) is 0 Å². The van der Waals surface area contributed by atoms with E-state index < -0.39 is 0 Å². The Balaban J connectivity index is 1.87. The molecule has 0 aliphatic heterocycles. The van der Waals surface area contributed by atoms with Gasteiger partial charge in [-0.3, -0.25) is 0 Å². The summed E-state index contributed by atoms with van der Waals surface area (Å²) in [6, 6.07) is 16.4. The van der Waals surface area contributed by atoms with Gasteiger partial charge in [0.05, 0.1) is 12.0 Å². The Hall–Kier alpha value is -1.87. The molecule has 3 heteroatoms. The van der Waals surface area contributed by atoms with Gasteiger partial charge >= 0.3 is 0 Å². The molecule has 0 saturated heterocycles. The number of hydrogen-bond donors (Lipinski definition) is 1. The number of thioether (sulfide) groups is 1. The molecule has 18 heavy (non-hydrogen) atoms. The molecular weight excluding hydrogens is 242 g/mol. The predicted molar refractivity (Wildman–Crippen MR) is 76.6 cm³/mol. The number of nitrogens with two attached hydrogens (primary N) is 1. The fraction of sp³-hybridized carbons (Fsp3) is 0.0667. The minimum absolute atomic E-state index is 0.694. The highest BCUT2D eigenvalue weighted by Crippen LogP contribution is 2.33. The molecule has 0 saturated carbocycles. The van der Waals surface area contributed by atoms with Crippen molar-refractivity contribution in [1.82, 2.24) is 0 Å². The number of nitrogen functional groups attached to an aromatic ring is 1. The van der Waals surface area contributed by atoms with E-state index in [4.69, 9.17) is 10.2 Å². The van der Waals surface area contributed by atoms with Gasteiger partial charge in [0.25, 0.3) is 0 Å². The van der Waals surface area contributed by atoms with E-state index in [1.165, 1.54) is 10.5 Å². The summed E-state index contributed by atoms with van der Waals surface area (Å²) in [5.41, 5.74) is 8.67. The molecule has 0 spiro atoms. The topological polar surface area (TPSA) is 39.2 Å². The Bertz CT molecular complexity index is 661. The van der Waals surface area contributed by atoms with Crippen molar-refractivity contribution in [2.24, 2.45) is 0 Å². The summed E-state index contributed by atoms with van der Waals surface area (Å²) < 4.78 is 5.40. The monoisotopic (exact) mass is 255 g/mol. The van der Waals surface area contributed by atoms with E-state index in [1.54, 1.807) is 18.0 Å². The molecule has 0 aliphatic carbocycles. The summed E-state index contributed by atoms with van der Waals surface area (Å²) in [5, 5.41) is 1.09. The van der Waals surface area contributed by atoms with Gasteiger partial charge in [0.2, 0.25) is 0 Å². The Labute approximate surface area is 110 Å². The first-order valence-electron chi connectivity index (χ1n) is 5.77. The molecule has 0 fully saturated rings. The molecule has 3 aromatic rings. The average molecular weight is 255 g/mol. The van der Waals surface area contributed by atoms with E-state index in [1.807, 2.05) is 18.2 Å². The van der Waals surface area contributed by atoms with E-state index in [2.05, 4.69) is 30.3 Å². The van der Waals surface area contributed by atoms with E-state index in [-0.39, 0.29) is 0 Å². The van der Waals surface area contributed by atoms with E-state index >= 15 is 0 Å². The molecule has 0 bridgehead atoms. The van der Waals surface area contributed by atoms with E-state index in [0.29, 0.717) is 5.69 Å². The number of fused-ring (bicyclic) bond motifs is 1. The number of rotatable bonds is 3. The first kappa shape index (κ1) is 11.2. The summed E-state index contributed by atoms with van der Waals surface area (Å²) in [5.74, 6) is 0.949. The van der Waals surface area contributed by atoms with E-state index in [0.717, 1.165) is 16.7 Å². The van der Waals surface area contributed by atoms with E-state index in [9.17, 15) is 0 Å². The third-order valence-corrected chi connectivity index (χ3v) is 3.99. The zero-order valence-electron chi connectivity index (χ0n) is 9.80. The second-order valence-corrected chi connectivity index (χ2v) is 5.11. The van der Waals surface area contributed by atoms with Crippen LogP contribution in [0.5, 0.6) is 0 Å². The van der Waals surface area contributed by atoms with Crippen molar-refractivity contribution < 1.29 is 4.42 Å². The minimum Gasteiger partial charge on any atom is -0.462 e. The van der Waals surface area contributed by atoms with Gasteiger partial charge in [-0.1, -0.05) is 30.3 Å². The predicted octanol–water partition coefficient (Wildman–Crippen LogP) is 4.31. The van der Waals surface area contributed by atoms with Crippen molar-refractivity contribution >= 4 is 28.4 Å². The minimum atomic E-state index is 0.694. The highest BCUT2D eigenvalue weighted by Gasteiger charge is 2.07. The van der Waals surface area contributed by atoms with Gasteiger partial charge in [0, 0.05) is 16.0 Å². The summed E-state index contributed by atoms with van der Waals surface area (Å²) in [6.07, 6.45) is 1.69. The van der Waals surface area contributed by atoms with Crippen LogP contribution in [0.1, 0.15) is 5.56 Å². The van der Waals surface area contributed by atoms with Gasteiger partial charge in [0.15, 0.2) is 5.58 Å². The molecular formula is C15H13NOS. The zero-order valence-corrected chi connectivity index (χ0v) is 10.6. The summed E-state index contributed by atoms with van der Waals surface area (Å²) in [4.78, 5) is 1.21. The Morgan fingerprint density at radius 2 is 1.83 bits per heavy atom. The molecule has 0 atom stereocenters. The first-order chi connectivity index (χ1) is 8.84. The van der Waals surface area contributed by atoms with Crippen LogP contribution in [0.15, 0.2) is 64.1 Å². The molecule has 0 unspecified atom stereocenters. The van der Waals surface area contributed by atoms with Crippen LogP contribution in [0.4, 0.5) is 5.69 Å².